The van der Waals surface area contributed by atoms with Crippen LogP contribution in [0.4, 0.5) is 5.69 Å². The Balaban J connectivity index is 1.65. The maximum atomic E-state index is 12.0. The first-order valence-electron chi connectivity index (χ1n) is 7.00. The Morgan fingerprint density at radius 1 is 1.47 bits per heavy atom. The number of nitrogens with one attached hydrogen (secondary N) is 1. The van der Waals surface area contributed by atoms with Crippen LogP contribution in [0, 0.1) is 0 Å². The highest BCUT2D eigenvalue weighted by Gasteiger charge is 2.29. The van der Waals surface area contributed by atoms with E-state index in [9.17, 15) is 4.79 Å². The van der Waals surface area contributed by atoms with Gasteiger partial charge in [0.25, 0.3) is 5.91 Å². The van der Waals surface area contributed by atoms with Crippen molar-refractivity contribution in [3.63, 3.8) is 0 Å². The van der Waals surface area contributed by atoms with Gasteiger partial charge in [0.2, 0.25) is 0 Å². The molecule has 0 radical (unpaired) electrons. The van der Waals surface area contributed by atoms with Crippen molar-refractivity contribution in [1.29, 1.82) is 0 Å². The van der Waals surface area contributed by atoms with Crippen molar-refractivity contribution in [3.05, 3.63) is 23.8 Å². The average molecular weight is 260 g/mol. The molecule has 0 unspecified atom stereocenters. The number of carbonyl (C=O) groups excluding carboxylic acids is 1. The number of nitrogens with zero attached hydrogens (tertiary/aromatic N) is 1. The molecule has 1 heterocycles. The largest absolute Gasteiger partial charge is 0.483 e. The molecule has 0 aromatic heterocycles. The van der Waals surface area contributed by atoms with Crippen LogP contribution in [-0.4, -0.2) is 37.0 Å². The number of anilines is 1. The van der Waals surface area contributed by atoms with Gasteiger partial charge in [-0.1, -0.05) is 6.07 Å². The minimum absolute atomic E-state index is 0.0730. The van der Waals surface area contributed by atoms with Gasteiger partial charge in [-0.05, 0) is 37.8 Å². The van der Waals surface area contributed by atoms with Gasteiger partial charge < -0.3 is 15.0 Å². The summed E-state index contributed by atoms with van der Waals surface area (Å²) < 4.78 is 5.73. The molecule has 1 saturated carbocycles. The Bertz CT molecular complexity index is 483. The molecule has 3 rings (SSSR count). The van der Waals surface area contributed by atoms with Gasteiger partial charge in [-0.2, -0.15) is 0 Å². The number of amides is 1. The lowest BCUT2D eigenvalue weighted by Gasteiger charge is -2.22. The fraction of sp³-hybridized carbons (Fsp3) is 0.533. The van der Waals surface area contributed by atoms with Gasteiger partial charge in [-0.15, -0.1) is 0 Å². The summed E-state index contributed by atoms with van der Waals surface area (Å²) in [6.45, 7) is 1.16. The molecule has 1 fully saturated rings. The average Bonchev–Trinajstić information content (AvgIpc) is 3.28. The summed E-state index contributed by atoms with van der Waals surface area (Å²) in [6.07, 6.45) is 4.40. The second-order valence-corrected chi connectivity index (χ2v) is 5.34. The summed E-state index contributed by atoms with van der Waals surface area (Å²) in [4.78, 5) is 13.8. The third-order valence-corrected chi connectivity index (χ3v) is 3.89. The molecular formula is C15H20N2O2. The fourth-order valence-corrected chi connectivity index (χ4v) is 2.52. The van der Waals surface area contributed by atoms with Gasteiger partial charge in [0.05, 0.1) is 0 Å². The van der Waals surface area contributed by atoms with Gasteiger partial charge in [-0.25, -0.2) is 0 Å². The van der Waals surface area contributed by atoms with Crippen molar-refractivity contribution < 1.29 is 9.53 Å². The van der Waals surface area contributed by atoms with Gasteiger partial charge in [0.15, 0.2) is 6.61 Å². The van der Waals surface area contributed by atoms with Crippen LogP contribution in [0.5, 0.6) is 5.75 Å². The van der Waals surface area contributed by atoms with Crippen LogP contribution < -0.4 is 10.1 Å². The molecule has 0 saturated heterocycles. The lowest BCUT2D eigenvalue weighted by Crippen LogP contribution is -2.33. The number of ether oxygens (including phenoxy) is 1. The standard InChI is InChI=1S/C15H20N2O2/c1-17(11-7-8-11)15(18)10-19-14-6-2-5-13-12(14)4-3-9-16-13/h2,5-6,11,16H,3-4,7-10H2,1H3. The van der Waals surface area contributed by atoms with Crippen LogP contribution in [0.2, 0.25) is 0 Å². The normalized spacial score (nSPS) is 17.3. The van der Waals surface area contributed by atoms with E-state index in [1.807, 2.05) is 24.1 Å². The molecule has 1 aliphatic carbocycles. The zero-order valence-electron chi connectivity index (χ0n) is 11.3. The highest BCUT2D eigenvalue weighted by Crippen LogP contribution is 2.31. The van der Waals surface area contributed by atoms with E-state index in [0.717, 1.165) is 43.7 Å². The number of likely N-dealkylation sites (N-methyl/N-ethyl adjacent to an activating group) is 1. The fourth-order valence-electron chi connectivity index (χ4n) is 2.52. The Morgan fingerprint density at radius 3 is 3.11 bits per heavy atom. The first-order valence-corrected chi connectivity index (χ1v) is 7.00. The molecule has 1 aromatic carbocycles. The van der Waals surface area contributed by atoms with E-state index < -0.39 is 0 Å². The summed E-state index contributed by atoms with van der Waals surface area (Å²) in [5.74, 6) is 0.922. The number of hydrogen-bond acceptors (Lipinski definition) is 3. The van der Waals surface area contributed by atoms with Gasteiger partial charge in [-0.3, -0.25) is 4.79 Å². The predicted octanol–water partition coefficient (Wildman–Crippen LogP) is 2.04. The first-order chi connectivity index (χ1) is 9.25. The van der Waals surface area contributed by atoms with E-state index in [0.29, 0.717) is 6.04 Å². The zero-order chi connectivity index (χ0) is 13.2. The van der Waals surface area contributed by atoms with E-state index in [-0.39, 0.29) is 12.5 Å². The maximum absolute atomic E-state index is 12.0. The van der Waals surface area contributed by atoms with Crippen LogP contribution in [0.25, 0.3) is 0 Å². The highest BCUT2D eigenvalue weighted by molar-refractivity contribution is 5.78. The number of hydrogen-bond donors (Lipinski definition) is 1. The monoisotopic (exact) mass is 260 g/mol. The molecule has 1 amide bonds. The Hall–Kier alpha value is -1.71. The Labute approximate surface area is 113 Å². The van der Waals surface area contributed by atoms with E-state index >= 15 is 0 Å². The van der Waals surface area contributed by atoms with Crippen LogP contribution in [-0.2, 0) is 11.2 Å². The van der Waals surface area contributed by atoms with E-state index in [1.165, 1.54) is 5.56 Å². The van der Waals surface area contributed by atoms with E-state index in [4.69, 9.17) is 4.74 Å². The molecule has 19 heavy (non-hydrogen) atoms. The summed E-state index contributed by atoms with van der Waals surface area (Å²) in [5, 5.41) is 3.37. The number of benzene rings is 1. The lowest BCUT2D eigenvalue weighted by atomic mass is 10.0. The first kappa shape index (κ1) is 12.3. The molecule has 4 nitrogen and oxygen atoms in total. The van der Waals surface area contributed by atoms with Crippen molar-refractivity contribution in [2.45, 2.75) is 31.7 Å². The third-order valence-electron chi connectivity index (χ3n) is 3.89. The van der Waals surface area contributed by atoms with E-state index in [2.05, 4.69) is 11.4 Å². The second-order valence-electron chi connectivity index (χ2n) is 5.34. The Kier molecular flexibility index (Phi) is 3.32. The van der Waals surface area contributed by atoms with Crippen molar-refractivity contribution in [1.82, 2.24) is 4.90 Å². The third kappa shape index (κ3) is 2.67. The van der Waals surface area contributed by atoms with Gasteiger partial charge in [0.1, 0.15) is 5.75 Å². The Morgan fingerprint density at radius 2 is 2.32 bits per heavy atom. The number of carbonyl (C=O) groups is 1. The molecule has 0 atom stereocenters. The second kappa shape index (κ2) is 5.11. The minimum Gasteiger partial charge on any atom is -0.483 e. The van der Waals surface area contributed by atoms with Crippen molar-refractivity contribution in [2.24, 2.45) is 0 Å². The van der Waals surface area contributed by atoms with Crippen molar-refractivity contribution in [3.8, 4) is 5.75 Å². The maximum Gasteiger partial charge on any atom is 0.260 e. The highest BCUT2D eigenvalue weighted by atomic mass is 16.5. The van der Waals surface area contributed by atoms with Gasteiger partial charge >= 0.3 is 0 Å². The SMILES string of the molecule is CN(C(=O)COc1cccc2c1CCCN2)C1CC1. The topological polar surface area (TPSA) is 41.6 Å². The molecule has 1 N–H and O–H groups in total. The quantitative estimate of drug-likeness (QED) is 0.900. The molecule has 0 bridgehead atoms. The molecule has 0 spiro atoms. The summed E-state index contributed by atoms with van der Waals surface area (Å²) in [7, 11) is 1.87. The summed E-state index contributed by atoms with van der Waals surface area (Å²) in [5.41, 5.74) is 2.35. The van der Waals surface area contributed by atoms with Crippen LogP contribution >= 0.6 is 0 Å². The zero-order valence-corrected chi connectivity index (χ0v) is 11.3. The summed E-state index contributed by atoms with van der Waals surface area (Å²) in [6, 6.07) is 6.44. The van der Waals surface area contributed by atoms with Gasteiger partial charge in [0, 0.05) is 30.9 Å². The van der Waals surface area contributed by atoms with Crippen LogP contribution in [0.3, 0.4) is 0 Å². The van der Waals surface area contributed by atoms with Crippen LogP contribution in [0.1, 0.15) is 24.8 Å². The lowest BCUT2D eigenvalue weighted by molar-refractivity contribution is -0.132. The number of rotatable bonds is 4. The van der Waals surface area contributed by atoms with E-state index in [1.54, 1.807) is 0 Å². The smallest absolute Gasteiger partial charge is 0.260 e. The number of fused-ring (bicyclic) bond motifs is 1. The summed E-state index contributed by atoms with van der Waals surface area (Å²) >= 11 is 0. The minimum atomic E-state index is 0.0730. The molecule has 102 valence electrons. The molecule has 1 aromatic rings. The van der Waals surface area contributed by atoms with Crippen LogP contribution in [0.15, 0.2) is 18.2 Å². The molecular weight excluding hydrogens is 240 g/mol. The predicted molar refractivity (Wildman–Crippen MR) is 74.5 cm³/mol. The van der Waals surface area contributed by atoms with Crippen molar-refractivity contribution >= 4 is 11.6 Å². The van der Waals surface area contributed by atoms with Crippen molar-refractivity contribution in [2.75, 3.05) is 25.5 Å². The molecule has 1 aliphatic heterocycles. The molecule has 2 aliphatic rings. The molecule has 4 heteroatoms.